The molecule has 0 aliphatic heterocycles. The second-order valence-electron chi connectivity index (χ2n) is 16.7. The van der Waals surface area contributed by atoms with Gasteiger partial charge in [0.1, 0.15) is 23.0 Å². The minimum absolute atomic E-state index is 0.275. The largest absolute Gasteiger partial charge is 0.457 e. The van der Waals surface area contributed by atoms with E-state index < -0.39 is 0 Å². The van der Waals surface area contributed by atoms with Crippen molar-refractivity contribution in [2.75, 3.05) is 0 Å². The maximum Gasteiger partial charge on any atom is 0.146 e. The van der Waals surface area contributed by atoms with E-state index in [1.54, 1.807) is 0 Å². The molecule has 0 amide bonds. The van der Waals surface area contributed by atoms with Gasteiger partial charge in [0.25, 0.3) is 0 Å². The molecule has 0 N–H and O–H groups in total. The summed E-state index contributed by atoms with van der Waals surface area (Å²) in [7, 11) is 0. The molecule has 11 rings (SSSR count). The molecular weight excluding hydrogens is 733 g/mol. The van der Waals surface area contributed by atoms with Crippen molar-refractivity contribution in [2.24, 2.45) is 0 Å². The van der Waals surface area contributed by atoms with Gasteiger partial charge in [-0.3, -0.25) is 8.97 Å². The van der Waals surface area contributed by atoms with Gasteiger partial charge in [0, 0.05) is 21.7 Å². The van der Waals surface area contributed by atoms with Crippen molar-refractivity contribution < 1.29 is 4.74 Å². The second kappa shape index (κ2) is 14.0. The number of para-hydroxylation sites is 3. The lowest BCUT2D eigenvalue weighted by atomic mass is 9.88. The predicted molar refractivity (Wildman–Crippen MR) is 250 cm³/mol. The Labute approximate surface area is 349 Å². The van der Waals surface area contributed by atoms with Gasteiger partial charge in [0.2, 0.25) is 0 Å². The minimum atomic E-state index is 0.275. The minimum Gasteiger partial charge on any atom is -0.457 e. The summed E-state index contributed by atoms with van der Waals surface area (Å²) >= 11 is 0. The van der Waals surface area contributed by atoms with Gasteiger partial charge >= 0.3 is 0 Å². The lowest BCUT2D eigenvalue weighted by Crippen LogP contribution is -2.09. The van der Waals surface area contributed by atoms with Gasteiger partial charge in [0.05, 0.1) is 33.3 Å². The first-order valence-corrected chi connectivity index (χ1v) is 21.0. The summed E-state index contributed by atoms with van der Waals surface area (Å²) in [6, 6.07) is 58.3. The number of ether oxygens (including phenoxy) is 1. The third-order valence-corrected chi connectivity index (χ3v) is 12.1. The van der Waals surface area contributed by atoms with E-state index in [0.717, 1.165) is 66.9 Å². The number of rotatable bonds is 7. The fourth-order valence-electron chi connectivity index (χ4n) is 9.22. The topological polar surface area (TPSA) is 44.4 Å². The molecule has 0 unspecified atom stereocenters. The Morgan fingerprint density at radius 3 is 1.98 bits per heavy atom. The monoisotopic (exact) mass is 776 g/mol. The van der Waals surface area contributed by atoms with Crippen molar-refractivity contribution in [2.45, 2.75) is 46.5 Å². The fraction of sp³-hybridized carbons (Fsp3) is 0.127. The molecule has 5 nitrogen and oxygen atoms in total. The standard InChI is InChI=1S/C55H44N4O/c1-33(2)44-30-39(36-14-7-6-8-15-36)31-45(34(3)4)52(44)59-51-21-12-10-19-48(51)56-54(59)38-16-13-17-40(29-38)60-41-25-26-42-43-18-9-11-20-50(43)58-53-46-28-35(5)22-23-37(46)24-27-49(53)57-55(58)47(42)32-41/h6-34H,1-5H3. The van der Waals surface area contributed by atoms with E-state index in [2.05, 4.69) is 201 Å². The van der Waals surface area contributed by atoms with Crippen LogP contribution in [0, 0.1) is 6.92 Å². The van der Waals surface area contributed by atoms with Crippen molar-refractivity contribution >= 4 is 60.2 Å². The Morgan fingerprint density at radius 1 is 0.483 bits per heavy atom. The molecule has 290 valence electrons. The van der Waals surface area contributed by atoms with Crippen molar-refractivity contribution in [1.29, 1.82) is 0 Å². The zero-order valence-electron chi connectivity index (χ0n) is 34.4. The van der Waals surface area contributed by atoms with E-state index in [4.69, 9.17) is 14.7 Å². The Kier molecular flexibility index (Phi) is 8.35. The Bertz CT molecular complexity index is 3450. The number of nitrogens with zero attached hydrogens (tertiary/aromatic N) is 4. The zero-order chi connectivity index (χ0) is 40.6. The van der Waals surface area contributed by atoms with E-state index >= 15 is 0 Å². The molecule has 0 saturated heterocycles. The highest BCUT2D eigenvalue weighted by Crippen LogP contribution is 2.42. The molecule has 0 atom stereocenters. The van der Waals surface area contributed by atoms with Crippen molar-refractivity contribution in [3.05, 3.63) is 180 Å². The molecule has 8 aromatic carbocycles. The SMILES string of the molecule is Cc1ccc2ccc3nc4c5cc(Oc6cccc(-c7nc8ccccc8n7-c7c(C(C)C)cc(-c8ccccc8)cc7C(C)C)c6)ccc5c5ccccc5n4c3c2c1. The second-order valence-corrected chi connectivity index (χ2v) is 16.7. The molecule has 0 spiro atoms. The third kappa shape index (κ3) is 5.76. The van der Waals surface area contributed by atoms with Crippen LogP contribution < -0.4 is 4.74 Å². The Morgan fingerprint density at radius 2 is 1.18 bits per heavy atom. The molecule has 3 aromatic heterocycles. The number of hydrogen-bond donors (Lipinski definition) is 0. The molecular formula is C55H44N4O. The zero-order valence-corrected chi connectivity index (χ0v) is 34.4. The van der Waals surface area contributed by atoms with Gasteiger partial charge in [0.15, 0.2) is 0 Å². The number of hydrogen-bond acceptors (Lipinski definition) is 3. The highest BCUT2D eigenvalue weighted by molar-refractivity contribution is 6.17. The summed E-state index contributed by atoms with van der Waals surface area (Å²) in [6.07, 6.45) is 0. The highest BCUT2D eigenvalue weighted by atomic mass is 16.5. The van der Waals surface area contributed by atoms with Crippen LogP contribution in [0.4, 0.5) is 0 Å². The number of aromatic nitrogens is 4. The van der Waals surface area contributed by atoms with E-state index in [0.29, 0.717) is 0 Å². The summed E-state index contributed by atoms with van der Waals surface area (Å²) in [5.41, 5.74) is 14.6. The van der Waals surface area contributed by atoms with Gasteiger partial charge in [-0.15, -0.1) is 0 Å². The number of pyridine rings is 1. The molecule has 11 aromatic rings. The summed E-state index contributed by atoms with van der Waals surface area (Å²) in [5.74, 6) is 2.92. The molecule has 0 saturated carbocycles. The molecule has 3 heterocycles. The van der Waals surface area contributed by atoms with Crippen LogP contribution in [-0.2, 0) is 0 Å². The van der Waals surface area contributed by atoms with Crippen LogP contribution in [0.25, 0.3) is 88.4 Å². The number of fused-ring (bicyclic) bond motifs is 11. The average molecular weight is 777 g/mol. The van der Waals surface area contributed by atoms with Crippen LogP contribution in [-0.4, -0.2) is 18.9 Å². The van der Waals surface area contributed by atoms with Crippen LogP contribution in [0.2, 0.25) is 0 Å². The van der Waals surface area contributed by atoms with Crippen molar-refractivity contribution in [1.82, 2.24) is 18.9 Å². The van der Waals surface area contributed by atoms with Gasteiger partial charge in [-0.1, -0.05) is 124 Å². The highest BCUT2D eigenvalue weighted by Gasteiger charge is 2.24. The Balaban J connectivity index is 1.07. The van der Waals surface area contributed by atoms with Gasteiger partial charge in [-0.25, -0.2) is 9.97 Å². The number of benzene rings is 8. The molecule has 0 bridgehead atoms. The first kappa shape index (κ1) is 35.9. The number of aryl methyl sites for hydroxylation is 1. The molecule has 5 heteroatoms. The predicted octanol–water partition coefficient (Wildman–Crippen LogP) is 15.0. The summed E-state index contributed by atoms with van der Waals surface area (Å²) in [6.45, 7) is 11.3. The van der Waals surface area contributed by atoms with Crippen molar-refractivity contribution in [3.63, 3.8) is 0 Å². The Hall–Kier alpha value is -7.24. The lowest BCUT2D eigenvalue weighted by molar-refractivity contribution is 0.483. The van der Waals surface area contributed by atoms with E-state index in [-0.39, 0.29) is 11.8 Å². The van der Waals surface area contributed by atoms with Crippen LogP contribution >= 0.6 is 0 Å². The summed E-state index contributed by atoms with van der Waals surface area (Å²) in [4.78, 5) is 10.6. The van der Waals surface area contributed by atoms with E-state index in [1.807, 2.05) is 6.07 Å². The van der Waals surface area contributed by atoms with Crippen molar-refractivity contribution in [3.8, 4) is 39.7 Å². The van der Waals surface area contributed by atoms with Crippen LogP contribution in [0.3, 0.4) is 0 Å². The number of imidazole rings is 2. The summed E-state index contributed by atoms with van der Waals surface area (Å²) in [5, 5.41) is 5.77. The van der Waals surface area contributed by atoms with Crippen LogP contribution in [0.5, 0.6) is 11.5 Å². The van der Waals surface area contributed by atoms with Gasteiger partial charge in [-0.2, -0.15) is 0 Å². The van der Waals surface area contributed by atoms with Crippen LogP contribution in [0.15, 0.2) is 164 Å². The third-order valence-electron chi connectivity index (χ3n) is 12.1. The fourth-order valence-corrected chi connectivity index (χ4v) is 9.22. The first-order valence-electron chi connectivity index (χ1n) is 21.0. The molecule has 0 aliphatic carbocycles. The first-order chi connectivity index (χ1) is 29.3. The van der Waals surface area contributed by atoms with Crippen LogP contribution in [0.1, 0.15) is 56.2 Å². The molecule has 0 fully saturated rings. The lowest BCUT2D eigenvalue weighted by Gasteiger charge is -2.24. The quantitative estimate of drug-likeness (QED) is 0.151. The average Bonchev–Trinajstić information content (AvgIpc) is 3.86. The maximum atomic E-state index is 6.80. The molecule has 0 aliphatic rings. The summed E-state index contributed by atoms with van der Waals surface area (Å²) < 4.78 is 11.5. The van der Waals surface area contributed by atoms with E-state index in [1.165, 1.54) is 49.7 Å². The molecule has 60 heavy (non-hydrogen) atoms. The normalized spacial score (nSPS) is 12.1. The van der Waals surface area contributed by atoms with Gasteiger partial charge in [-0.05, 0) is 125 Å². The maximum absolute atomic E-state index is 6.80. The smallest absolute Gasteiger partial charge is 0.146 e. The van der Waals surface area contributed by atoms with Gasteiger partial charge < -0.3 is 4.74 Å². The van der Waals surface area contributed by atoms with E-state index in [9.17, 15) is 0 Å². The molecule has 0 radical (unpaired) electrons.